The van der Waals surface area contributed by atoms with Crippen LogP contribution in [-0.4, -0.2) is 24.7 Å². The molecule has 3 rings (SSSR count). The normalized spacial score (nSPS) is 42.2. The fraction of sp³-hybridized carbons (Fsp3) is 1.00. The van der Waals surface area contributed by atoms with Crippen molar-refractivity contribution in [2.45, 2.75) is 69.9 Å². The summed E-state index contributed by atoms with van der Waals surface area (Å²) in [6, 6.07) is 0.831. The Morgan fingerprint density at radius 2 is 1.88 bits per heavy atom. The van der Waals surface area contributed by atoms with E-state index >= 15 is 0 Å². The topological polar surface area (TPSA) is 24.1 Å². The molecule has 1 spiro atoms. The van der Waals surface area contributed by atoms with Gasteiger partial charge in [-0.1, -0.05) is 19.3 Å². The third-order valence-electron chi connectivity index (χ3n) is 5.41. The molecule has 0 amide bonds. The van der Waals surface area contributed by atoms with Crippen LogP contribution in [0.15, 0.2) is 0 Å². The van der Waals surface area contributed by atoms with Gasteiger partial charge in [-0.25, -0.2) is 0 Å². The quantitative estimate of drug-likeness (QED) is 0.750. The molecule has 2 N–H and O–H groups in total. The largest absolute Gasteiger partial charge is 0.315 e. The Balaban J connectivity index is 1.62. The predicted molar refractivity (Wildman–Crippen MR) is 67.6 cm³/mol. The molecule has 2 nitrogen and oxygen atoms in total. The highest BCUT2D eigenvalue weighted by molar-refractivity contribution is 5.06. The first-order valence-corrected chi connectivity index (χ1v) is 7.21. The van der Waals surface area contributed by atoms with E-state index in [1.54, 1.807) is 0 Å². The van der Waals surface area contributed by atoms with Gasteiger partial charge in [0.05, 0.1) is 0 Å². The first-order chi connectivity index (χ1) is 7.73. The van der Waals surface area contributed by atoms with E-state index in [-0.39, 0.29) is 0 Å². The molecule has 0 bridgehead atoms. The van der Waals surface area contributed by atoms with E-state index in [1.165, 1.54) is 64.5 Å². The van der Waals surface area contributed by atoms with Crippen LogP contribution < -0.4 is 10.6 Å². The summed E-state index contributed by atoms with van der Waals surface area (Å²) in [5, 5.41) is 7.48. The predicted octanol–water partition coefficient (Wildman–Crippen LogP) is 2.44. The van der Waals surface area contributed by atoms with E-state index < -0.39 is 0 Å². The molecule has 3 aliphatic rings. The van der Waals surface area contributed by atoms with Gasteiger partial charge in [-0.05, 0) is 51.0 Å². The third-order valence-corrected chi connectivity index (χ3v) is 5.41. The molecule has 0 aromatic rings. The Kier molecular flexibility index (Phi) is 2.75. The van der Waals surface area contributed by atoms with Crippen LogP contribution in [0.3, 0.4) is 0 Å². The Hall–Kier alpha value is -0.0800. The van der Waals surface area contributed by atoms with Crippen molar-refractivity contribution in [3.8, 4) is 0 Å². The molecular weight excluding hydrogens is 196 g/mol. The van der Waals surface area contributed by atoms with E-state index in [0.29, 0.717) is 11.0 Å². The van der Waals surface area contributed by atoms with Gasteiger partial charge in [-0.3, -0.25) is 0 Å². The fourth-order valence-corrected chi connectivity index (χ4v) is 4.14. The zero-order valence-corrected chi connectivity index (χ0v) is 10.6. The van der Waals surface area contributed by atoms with Crippen LogP contribution in [0.5, 0.6) is 0 Å². The van der Waals surface area contributed by atoms with Crippen molar-refractivity contribution in [3.63, 3.8) is 0 Å². The van der Waals surface area contributed by atoms with E-state index in [0.717, 1.165) is 6.04 Å². The summed E-state index contributed by atoms with van der Waals surface area (Å²) < 4.78 is 0. The van der Waals surface area contributed by atoms with Crippen molar-refractivity contribution in [1.29, 1.82) is 0 Å². The lowest BCUT2D eigenvalue weighted by molar-refractivity contribution is 0.00761. The average Bonchev–Trinajstić information content (AvgIpc) is 2.74. The Labute approximate surface area is 99.6 Å². The SMILES string of the molecule is CC1(NC2CCC23CCCCC3)CCNC1. The van der Waals surface area contributed by atoms with Crippen LogP contribution in [0.4, 0.5) is 0 Å². The first kappa shape index (κ1) is 11.0. The van der Waals surface area contributed by atoms with Crippen LogP contribution in [0.25, 0.3) is 0 Å². The van der Waals surface area contributed by atoms with E-state index in [9.17, 15) is 0 Å². The smallest absolute Gasteiger partial charge is 0.0292 e. The number of rotatable bonds is 2. The second-order valence-corrected chi connectivity index (χ2v) is 6.65. The van der Waals surface area contributed by atoms with Gasteiger partial charge in [0.1, 0.15) is 0 Å². The molecule has 16 heavy (non-hydrogen) atoms. The lowest BCUT2D eigenvalue weighted by atomic mass is 9.57. The molecule has 0 aromatic heterocycles. The Bertz CT molecular complexity index is 249. The Morgan fingerprint density at radius 3 is 2.44 bits per heavy atom. The highest BCUT2D eigenvalue weighted by Gasteiger charge is 2.48. The van der Waals surface area contributed by atoms with Gasteiger partial charge in [0.25, 0.3) is 0 Å². The molecule has 3 fully saturated rings. The second kappa shape index (κ2) is 3.99. The summed E-state index contributed by atoms with van der Waals surface area (Å²) in [5.41, 5.74) is 1.10. The van der Waals surface area contributed by atoms with Crippen LogP contribution in [-0.2, 0) is 0 Å². The minimum Gasteiger partial charge on any atom is -0.315 e. The van der Waals surface area contributed by atoms with Gasteiger partial charge in [-0.2, -0.15) is 0 Å². The summed E-state index contributed by atoms with van der Waals surface area (Å²) in [7, 11) is 0. The highest BCUT2D eigenvalue weighted by Crippen LogP contribution is 2.52. The molecule has 2 heteroatoms. The standard InChI is InChI=1S/C14H26N2/c1-13(9-10-15-11-13)16-12-5-8-14(12)6-3-2-4-7-14/h12,15-16H,2-11H2,1H3. The molecule has 1 heterocycles. The summed E-state index contributed by atoms with van der Waals surface area (Å²) in [5.74, 6) is 0. The van der Waals surface area contributed by atoms with Gasteiger partial charge in [0.2, 0.25) is 0 Å². The monoisotopic (exact) mass is 222 g/mol. The van der Waals surface area contributed by atoms with E-state index in [4.69, 9.17) is 0 Å². The van der Waals surface area contributed by atoms with E-state index in [2.05, 4.69) is 17.6 Å². The molecule has 2 saturated carbocycles. The fourth-order valence-electron chi connectivity index (χ4n) is 4.14. The second-order valence-electron chi connectivity index (χ2n) is 6.65. The zero-order chi connectivity index (χ0) is 11.1. The number of hydrogen-bond acceptors (Lipinski definition) is 2. The minimum absolute atomic E-state index is 0.384. The van der Waals surface area contributed by atoms with Crippen molar-refractivity contribution in [2.24, 2.45) is 5.41 Å². The van der Waals surface area contributed by atoms with Gasteiger partial charge in [0.15, 0.2) is 0 Å². The molecule has 1 saturated heterocycles. The van der Waals surface area contributed by atoms with Crippen molar-refractivity contribution in [3.05, 3.63) is 0 Å². The molecule has 2 aliphatic carbocycles. The summed E-state index contributed by atoms with van der Waals surface area (Å²) in [4.78, 5) is 0. The van der Waals surface area contributed by atoms with Crippen LogP contribution in [0, 0.1) is 5.41 Å². The molecule has 92 valence electrons. The van der Waals surface area contributed by atoms with Crippen LogP contribution >= 0.6 is 0 Å². The molecule has 2 unspecified atom stereocenters. The summed E-state index contributed by atoms with van der Waals surface area (Å²) in [6.45, 7) is 4.77. The van der Waals surface area contributed by atoms with Crippen molar-refractivity contribution in [2.75, 3.05) is 13.1 Å². The maximum absolute atomic E-state index is 3.99. The van der Waals surface area contributed by atoms with Gasteiger partial charge in [-0.15, -0.1) is 0 Å². The molecule has 0 aromatic carbocycles. The average molecular weight is 222 g/mol. The van der Waals surface area contributed by atoms with Crippen LogP contribution in [0.2, 0.25) is 0 Å². The van der Waals surface area contributed by atoms with E-state index in [1.807, 2.05) is 0 Å². The Morgan fingerprint density at radius 1 is 1.06 bits per heavy atom. The van der Waals surface area contributed by atoms with Crippen molar-refractivity contribution >= 4 is 0 Å². The lowest BCUT2D eigenvalue weighted by Gasteiger charge is -2.55. The lowest BCUT2D eigenvalue weighted by Crippen LogP contribution is -2.61. The van der Waals surface area contributed by atoms with Crippen LogP contribution in [0.1, 0.15) is 58.3 Å². The first-order valence-electron chi connectivity index (χ1n) is 7.21. The van der Waals surface area contributed by atoms with Crippen molar-refractivity contribution < 1.29 is 0 Å². The van der Waals surface area contributed by atoms with Gasteiger partial charge in [0, 0.05) is 18.1 Å². The number of hydrogen-bond donors (Lipinski definition) is 2. The zero-order valence-electron chi connectivity index (χ0n) is 10.6. The highest BCUT2D eigenvalue weighted by atomic mass is 15.1. The number of nitrogens with one attached hydrogen (secondary N) is 2. The summed E-state index contributed by atoms with van der Waals surface area (Å²) in [6.07, 6.45) is 11.7. The molecular formula is C14H26N2. The molecule has 0 radical (unpaired) electrons. The van der Waals surface area contributed by atoms with Crippen molar-refractivity contribution in [1.82, 2.24) is 10.6 Å². The molecule has 1 aliphatic heterocycles. The maximum Gasteiger partial charge on any atom is 0.0292 e. The van der Waals surface area contributed by atoms with Gasteiger partial charge >= 0.3 is 0 Å². The third kappa shape index (κ3) is 1.80. The van der Waals surface area contributed by atoms with Gasteiger partial charge < -0.3 is 10.6 Å². The minimum atomic E-state index is 0.384. The molecule has 2 atom stereocenters. The summed E-state index contributed by atoms with van der Waals surface area (Å²) >= 11 is 0. The maximum atomic E-state index is 3.99.